The van der Waals surface area contributed by atoms with Crippen molar-refractivity contribution in [3.05, 3.63) is 65.5 Å². The molecule has 0 spiro atoms. The summed E-state index contributed by atoms with van der Waals surface area (Å²) >= 11 is 0. The topological polar surface area (TPSA) is 122 Å². The first kappa shape index (κ1) is 16.2. The predicted molar refractivity (Wildman–Crippen MR) is 81.8 cm³/mol. The Morgan fingerprint density at radius 3 is 2.30 bits per heavy atom. The van der Waals surface area contributed by atoms with Crippen molar-refractivity contribution in [2.24, 2.45) is 5.73 Å². The van der Waals surface area contributed by atoms with E-state index in [0.717, 1.165) is 5.56 Å². The Labute approximate surface area is 132 Å². The number of aromatic nitrogens is 1. The van der Waals surface area contributed by atoms with Gasteiger partial charge in [0, 0.05) is 6.42 Å². The van der Waals surface area contributed by atoms with Crippen LogP contribution in [-0.4, -0.2) is 33.9 Å². The van der Waals surface area contributed by atoms with E-state index in [-0.39, 0.29) is 17.8 Å². The molecule has 0 aliphatic carbocycles. The molecule has 23 heavy (non-hydrogen) atoms. The number of carboxylic acid groups (broad SMARTS) is 1. The van der Waals surface area contributed by atoms with Crippen molar-refractivity contribution in [2.45, 2.75) is 12.5 Å². The second-order valence-electron chi connectivity index (χ2n) is 4.83. The Kier molecular flexibility index (Phi) is 5.03. The van der Waals surface area contributed by atoms with Gasteiger partial charge in [0.15, 0.2) is 0 Å². The number of benzene rings is 1. The number of hydrogen-bond donors (Lipinski definition) is 3. The molecular formula is C16H15N3O4. The van der Waals surface area contributed by atoms with Crippen LogP contribution in [0.2, 0.25) is 0 Å². The van der Waals surface area contributed by atoms with Gasteiger partial charge in [0.05, 0.1) is 0 Å². The molecule has 1 atom stereocenters. The Hall–Kier alpha value is -3.22. The van der Waals surface area contributed by atoms with E-state index in [1.165, 1.54) is 18.2 Å². The monoisotopic (exact) mass is 313 g/mol. The Balaban J connectivity index is 2.13. The fraction of sp³-hybridized carbons (Fsp3) is 0.125. The summed E-state index contributed by atoms with van der Waals surface area (Å²) in [5.74, 6) is -2.58. The van der Waals surface area contributed by atoms with E-state index < -0.39 is 23.8 Å². The van der Waals surface area contributed by atoms with Gasteiger partial charge in [-0.2, -0.15) is 0 Å². The summed E-state index contributed by atoms with van der Waals surface area (Å²) in [6.45, 7) is 0. The van der Waals surface area contributed by atoms with Crippen LogP contribution in [0.1, 0.15) is 26.5 Å². The average Bonchev–Trinajstić information content (AvgIpc) is 2.55. The highest BCUT2D eigenvalue weighted by Crippen LogP contribution is 2.05. The Morgan fingerprint density at radius 2 is 1.70 bits per heavy atom. The number of carboxylic acids is 1. The third kappa shape index (κ3) is 4.37. The Morgan fingerprint density at radius 1 is 1.04 bits per heavy atom. The van der Waals surface area contributed by atoms with Crippen molar-refractivity contribution < 1.29 is 19.5 Å². The molecule has 2 aromatic rings. The first-order valence-electron chi connectivity index (χ1n) is 6.82. The molecule has 0 aliphatic heterocycles. The van der Waals surface area contributed by atoms with Crippen LogP contribution in [0.15, 0.2) is 48.5 Å². The lowest BCUT2D eigenvalue weighted by molar-refractivity contribution is -0.119. The molecule has 0 bridgehead atoms. The first-order chi connectivity index (χ1) is 11.0. The molecule has 0 radical (unpaired) electrons. The number of rotatable bonds is 6. The highest BCUT2D eigenvalue weighted by atomic mass is 16.4. The van der Waals surface area contributed by atoms with Gasteiger partial charge in [-0.3, -0.25) is 9.59 Å². The van der Waals surface area contributed by atoms with Crippen LogP contribution < -0.4 is 11.1 Å². The molecule has 1 aromatic heterocycles. The number of nitrogens with one attached hydrogen (secondary N) is 1. The number of pyridine rings is 1. The van der Waals surface area contributed by atoms with E-state index in [4.69, 9.17) is 10.8 Å². The van der Waals surface area contributed by atoms with Crippen LogP contribution in [0.4, 0.5) is 0 Å². The van der Waals surface area contributed by atoms with Gasteiger partial charge in [0.2, 0.25) is 5.91 Å². The average molecular weight is 313 g/mol. The minimum Gasteiger partial charge on any atom is -0.477 e. The molecule has 2 amide bonds. The van der Waals surface area contributed by atoms with Gasteiger partial charge in [0.1, 0.15) is 17.4 Å². The van der Waals surface area contributed by atoms with Crippen LogP contribution in [0.25, 0.3) is 0 Å². The molecule has 0 aliphatic rings. The van der Waals surface area contributed by atoms with Crippen molar-refractivity contribution >= 4 is 17.8 Å². The summed E-state index contributed by atoms with van der Waals surface area (Å²) in [6, 6.07) is 12.2. The zero-order valence-corrected chi connectivity index (χ0v) is 12.1. The van der Waals surface area contributed by atoms with Crippen LogP contribution >= 0.6 is 0 Å². The molecule has 2 rings (SSSR count). The normalized spacial score (nSPS) is 11.5. The molecule has 0 saturated heterocycles. The van der Waals surface area contributed by atoms with Crippen molar-refractivity contribution in [1.29, 1.82) is 0 Å². The first-order valence-corrected chi connectivity index (χ1v) is 6.82. The van der Waals surface area contributed by atoms with E-state index in [9.17, 15) is 14.4 Å². The lowest BCUT2D eigenvalue weighted by Crippen LogP contribution is -2.46. The summed E-state index contributed by atoms with van der Waals surface area (Å²) in [5, 5.41) is 11.4. The predicted octanol–water partition coefficient (Wildman–Crippen LogP) is 0.606. The van der Waals surface area contributed by atoms with Crippen molar-refractivity contribution in [3.8, 4) is 0 Å². The van der Waals surface area contributed by atoms with Crippen LogP contribution in [0, 0.1) is 0 Å². The number of aromatic carboxylic acids is 1. The van der Waals surface area contributed by atoms with Gasteiger partial charge in [-0.1, -0.05) is 36.4 Å². The van der Waals surface area contributed by atoms with E-state index in [1.54, 1.807) is 0 Å². The summed E-state index contributed by atoms with van der Waals surface area (Å²) < 4.78 is 0. The fourth-order valence-electron chi connectivity index (χ4n) is 1.99. The molecule has 1 heterocycles. The maximum atomic E-state index is 12.2. The zero-order valence-electron chi connectivity index (χ0n) is 12.1. The number of nitrogens with zero attached hydrogens (tertiary/aromatic N) is 1. The van der Waals surface area contributed by atoms with Crippen LogP contribution in [0.3, 0.4) is 0 Å². The van der Waals surface area contributed by atoms with Crippen LogP contribution in [0.5, 0.6) is 0 Å². The van der Waals surface area contributed by atoms with Crippen molar-refractivity contribution in [3.63, 3.8) is 0 Å². The number of carbonyl (C=O) groups excluding carboxylic acids is 2. The fourth-order valence-corrected chi connectivity index (χ4v) is 1.99. The van der Waals surface area contributed by atoms with Gasteiger partial charge in [-0.25, -0.2) is 9.78 Å². The molecule has 0 saturated carbocycles. The molecular weight excluding hydrogens is 298 g/mol. The van der Waals surface area contributed by atoms with E-state index in [2.05, 4.69) is 10.3 Å². The summed E-state index contributed by atoms with van der Waals surface area (Å²) in [6.07, 6.45) is 0.237. The van der Waals surface area contributed by atoms with Gasteiger partial charge >= 0.3 is 5.97 Å². The quantitative estimate of drug-likeness (QED) is 0.721. The molecule has 1 unspecified atom stereocenters. The summed E-state index contributed by atoms with van der Waals surface area (Å²) in [4.78, 5) is 38.3. The van der Waals surface area contributed by atoms with Gasteiger partial charge in [0.25, 0.3) is 5.91 Å². The third-order valence-electron chi connectivity index (χ3n) is 3.13. The number of carbonyl (C=O) groups is 3. The molecule has 0 fully saturated rings. The minimum atomic E-state index is -1.24. The lowest BCUT2D eigenvalue weighted by Gasteiger charge is -2.15. The molecule has 7 heteroatoms. The highest BCUT2D eigenvalue weighted by molar-refractivity contribution is 5.97. The van der Waals surface area contributed by atoms with Crippen LogP contribution in [-0.2, 0) is 11.2 Å². The number of amides is 2. The summed E-state index contributed by atoms with van der Waals surface area (Å²) in [7, 11) is 0. The number of primary amides is 1. The van der Waals surface area contributed by atoms with E-state index in [1.807, 2.05) is 30.3 Å². The second-order valence-corrected chi connectivity index (χ2v) is 4.83. The smallest absolute Gasteiger partial charge is 0.354 e. The maximum absolute atomic E-state index is 12.2. The van der Waals surface area contributed by atoms with Crippen molar-refractivity contribution in [2.75, 3.05) is 0 Å². The number of hydrogen-bond acceptors (Lipinski definition) is 4. The lowest BCUT2D eigenvalue weighted by atomic mass is 10.1. The van der Waals surface area contributed by atoms with E-state index >= 15 is 0 Å². The summed E-state index contributed by atoms with van der Waals surface area (Å²) in [5.41, 5.74) is 5.81. The second kappa shape index (κ2) is 7.17. The van der Waals surface area contributed by atoms with E-state index in [0.29, 0.717) is 0 Å². The van der Waals surface area contributed by atoms with Gasteiger partial charge in [-0.05, 0) is 17.7 Å². The zero-order chi connectivity index (χ0) is 16.8. The Bertz CT molecular complexity index is 731. The number of nitrogens with two attached hydrogens (primary N) is 1. The largest absolute Gasteiger partial charge is 0.477 e. The molecule has 7 nitrogen and oxygen atoms in total. The molecule has 1 aromatic carbocycles. The SMILES string of the molecule is NC(=O)C(Cc1ccccc1)NC(=O)c1cccc(C(=O)O)n1. The third-order valence-corrected chi connectivity index (χ3v) is 3.13. The van der Waals surface area contributed by atoms with Gasteiger partial charge in [-0.15, -0.1) is 0 Å². The molecule has 118 valence electrons. The molecule has 4 N–H and O–H groups in total. The van der Waals surface area contributed by atoms with Crippen molar-refractivity contribution in [1.82, 2.24) is 10.3 Å². The van der Waals surface area contributed by atoms with Gasteiger partial charge < -0.3 is 16.2 Å². The maximum Gasteiger partial charge on any atom is 0.354 e. The standard InChI is InChI=1S/C16H15N3O4/c17-14(20)13(9-10-5-2-1-3-6-10)19-15(21)11-7-4-8-12(18-11)16(22)23/h1-8,13H,9H2,(H2,17,20)(H,19,21)(H,22,23). The minimum absolute atomic E-state index is 0.0933. The highest BCUT2D eigenvalue weighted by Gasteiger charge is 2.20.